The Morgan fingerprint density at radius 3 is 2.78 bits per heavy atom. The van der Waals surface area contributed by atoms with Gasteiger partial charge < -0.3 is 9.88 Å². The number of pyridine rings is 1. The van der Waals surface area contributed by atoms with Gasteiger partial charge in [-0.2, -0.15) is 0 Å². The van der Waals surface area contributed by atoms with Crippen LogP contribution in [0.5, 0.6) is 0 Å². The van der Waals surface area contributed by atoms with Gasteiger partial charge in [-0.25, -0.2) is 4.98 Å². The van der Waals surface area contributed by atoms with Crippen molar-refractivity contribution in [1.29, 1.82) is 0 Å². The molecular formula is C22H27N5. The highest BCUT2D eigenvalue weighted by atomic mass is 15.2. The van der Waals surface area contributed by atoms with E-state index in [1.165, 1.54) is 17.7 Å². The molecule has 140 valence electrons. The summed E-state index contributed by atoms with van der Waals surface area (Å²) in [5, 5.41) is 3.80. The Balaban J connectivity index is 1.34. The summed E-state index contributed by atoms with van der Waals surface area (Å²) in [6, 6.07) is 15.2. The number of para-hydroxylation sites is 1. The van der Waals surface area contributed by atoms with Crippen LogP contribution in [0, 0.1) is 5.92 Å². The molecule has 1 N–H and O–H groups in total. The van der Waals surface area contributed by atoms with Crippen LogP contribution in [0.4, 0.5) is 0 Å². The normalized spacial score (nSPS) is 20.6. The average Bonchev–Trinajstić information content (AvgIpc) is 3.23. The number of piperidine rings is 1. The SMILES string of the molecule is CC1CN(Cc2ccccn2)CCC1NCc1ccccc1-n1ccnc1. The Labute approximate surface area is 161 Å². The van der Waals surface area contributed by atoms with E-state index < -0.39 is 0 Å². The average molecular weight is 361 g/mol. The van der Waals surface area contributed by atoms with E-state index >= 15 is 0 Å². The van der Waals surface area contributed by atoms with Gasteiger partial charge in [0.05, 0.1) is 17.7 Å². The predicted octanol–water partition coefficient (Wildman–Crippen LogP) is 3.27. The van der Waals surface area contributed by atoms with Gasteiger partial charge in [-0.15, -0.1) is 0 Å². The second-order valence-corrected chi connectivity index (χ2v) is 7.41. The first kappa shape index (κ1) is 17.9. The first-order valence-electron chi connectivity index (χ1n) is 9.71. The minimum absolute atomic E-state index is 0.542. The molecule has 1 aliphatic rings. The predicted molar refractivity (Wildman–Crippen MR) is 107 cm³/mol. The molecule has 0 saturated carbocycles. The van der Waals surface area contributed by atoms with Gasteiger partial charge in [0, 0.05) is 50.8 Å². The largest absolute Gasteiger partial charge is 0.309 e. The van der Waals surface area contributed by atoms with E-state index in [9.17, 15) is 0 Å². The fraction of sp³-hybridized carbons (Fsp3) is 0.364. The molecule has 0 bridgehead atoms. The molecule has 1 aliphatic heterocycles. The second-order valence-electron chi connectivity index (χ2n) is 7.41. The van der Waals surface area contributed by atoms with Crippen LogP contribution in [0.3, 0.4) is 0 Å². The quantitative estimate of drug-likeness (QED) is 0.732. The highest BCUT2D eigenvalue weighted by Crippen LogP contribution is 2.20. The first-order valence-corrected chi connectivity index (χ1v) is 9.71. The van der Waals surface area contributed by atoms with Gasteiger partial charge in [-0.1, -0.05) is 31.2 Å². The molecule has 2 unspecified atom stereocenters. The standard InChI is InChI=1S/C22H27N5/c1-18-15-26(16-20-7-4-5-10-24-20)12-9-21(18)25-14-19-6-2-3-8-22(19)27-13-11-23-17-27/h2-8,10-11,13,17-18,21,25H,9,12,14-16H2,1H3. The molecule has 0 aliphatic carbocycles. The zero-order valence-corrected chi connectivity index (χ0v) is 15.8. The summed E-state index contributed by atoms with van der Waals surface area (Å²) in [6.45, 7) is 6.40. The molecule has 1 aromatic carbocycles. The van der Waals surface area contributed by atoms with Crippen LogP contribution in [-0.4, -0.2) is 38.6 Å². The van der Waals surface area contributed by atoms with Gasteiger partial charge >= 0.3 is 0 Å². The zero-order chi connectivity index (χ0) is 18.5. The Morgan fingerprint density at radius 2 is 2.00 bits per heavy atom. The lowest BCUT2D eigenvalue weighted by molar-refractivity contribution is 0.139. The maximum atomic E-state index is 4.46. The summed E-state index contributed by atoms with van der Waals surface area (Å²) in [5.41, 5.74) is 3.66. The van der Waals surface area contributed by atoms with Crippen LogP contribution in [0.25, 0.3) is 5.69 Å². The van der Waals surface area contributed by atoms with Crippen molar-refractivity contribution in [2.45, 2.75) is 32.5 Å². The van der Waals surface area contributed by atoms with E-state index in [1.54, 1.807) is 0 Å². The van der Waals surface area contributed by atoms with E-state index in [0.29, 0.717) is 12.0 Å². The summed E-state index contributed by atoms with van der Waals surface area (Å²) < 4.78 is 2.08. The Bertz CT molecular complexity index is 831. The minimum atomic E-state index is 0.542. The van der Waals surface area contributed by atoms with Crippen LogP contribution in [0.2, 0.25) is 0 Å². The van der Waals surface area contributed by atoms with Gasteiger partial charge in [0.2, 0.25) is 0 Å². The van der Waals surface area contributed by atoms with E-state index in [1.807, 2.05) is 31.0 Å². The lowest BCUT2D eigenvalue weighted by Gasteiger charge is -2.37. The van der Waals surface area contributed by atoms with Gasteiger partial charge in [-0.05, 0) is 36.1 Å². The number of likely N-dealkylation sites (tertiary alicyclic amines) is 1. The monoisotopic (exact) mass is 361 g/mol. The van der Waals surface area contributed by atoms with E-state index in [0.717, 1.165) is 31.9 Å². The van der Waals surface area contributed by atoms with Gasteiger partial charge in [0.15, 0.2) is 0 Å². The van der Waals surface area contributed by atoms with Crippen molar-refractivity contribution in [3.8, 4) is 5.69 Å². The van der Waals surface area contributed by atoms with Crippen molar-refractivity contribution in [2.75, 3.05) is 13.1 Å². The van der Waals surface area contributed by atoms with Crippen LogP contribution >= 0.6 is 0 Å². The van der Waals surface area contributed by atoms with Gasteiger partial charge in [0.1, 0.15) is 0 Å². The maximum absolute atomic E-state index is 4.46. The Hall–Kier alpha value is -2.50. The molecule has 2 aromatic heterocycles. The molecule has 4 rings (SSSR count). The Morgan fingerprint density at radius 1 is 1.11 bits per heavy atom. The highest BCUT2D eigenvalue weighted by Gasteiger charge is 2.26. The molecule has 27 heavy (non-hydrogen) atoms. The van der Waals surface area contributed by atoms with Crippen molar-refractivity contribution in [2.24, 2.45) is 5.92 Å². The van der Waals surface area contributed by atoms with Crippen molar-refractivity contribution >= 4 is 0 Å². The molecule has 3 aromatic rings. The molecule has 5 nitrogen and oxygen atoms in total. The third kappa shape index (κ3) is 4.43. The summed E-state index contributed by atoms with van der Waals surface area (Å²) >= 11 is 0. The third-order valence-corrected chi connectivity index (χ3v) is 5.43. The molecular weight excluding hydrogens is 334 g/mol. The smallest absolute Gasteiger partial charge is 0.0991 e. The molecule has 0 spiro atoms. The summed E-state index contributed by atoms with van der Waals surface area (Å²) in [4.78, 5) is 11.2. The minimum Gasteiger partial charge on any atom is -0.309 e. The Kier molecular flexibility index (Phi) is 5.61. The third-order valence-electron chi connectivity index (χ3n) is 5.43. The fourth-order valence-electron chi connectivity index (χ4n) is 3.95. The lowest BCUT2D eigenvalue weighted by atomic mass is 9.93. The van der Waals surface area contributed by atoms with Crippen molar-refractivity contribution < 1.29 is 0 Å². The molecule has 2 atom stereocenters. The highest BCUT2D eigenvalue weighted by molar-refractivity contribution is 5.40. The number of aromatic nitrogens is 3. The molecule has 1 fully saturated rings. The van der Waals surface area contributed by atoms with E-state index in [2.05, 4.69) is 68.1 Å². The number of rotatable bonds is 6. The van der Waals surface area contributed by atoms with Crippen molar-refractivity contribution in [3.05, 3.63) is 78.6 Å². The topological polar surface area (TPSA) is 46.0 Å². The maximum Gasteiger partial charge on any atom is 0.0991 e. The van der Waals surface area contributed by atoms with Gasteiger partial charge in [0.25, 0.3) is 0 Å². The number of hydrogen-bond acceptors (Lipinski definition) is 4. The van der Waals surface area contributed by atoms with Crippen LogP contribution in [-0.2, 0) is 13.1 Å². The molecule has 1 saturated heterocycles. The van der Waals surface area contributed by atoms with Crippen molar-refractivity contribution in [1.82, 2.24) is 24.8 Å². The fourth-order valence-corrected chi connectivity index (χ4v) is 3.95. The first-order chi connectivity index (χ1) is 13.3. The summed E-state index contributed by atoms with van der Waals surface area (Å²) in [5.74, 6) is 0.614. The van der Waals surface area contributed by atoms with E-state index in [-0.39, 0.29) is 0 Å². The van der Waals surface area contributed by atoms with Crippen LogP contribution < -0.4 is 5.32 Å². The summed E-state index contributed by atoms with van der Waals surface area (Å²) in [6.07, 6.45) is 8.73. The lowest BCUT2D eigenvalue weighted by Crippen LogP contribution is -2.47. The van der Waals surface area contributed by atoms with Crippen molar-refractivity contribution in [3.63, 3.8) is 0 Å². The zero-order valence-electron chi connectivity index (χ0n) is 15.8. The second kappa shape index (κ2) is 8.46. The number of imidazole rings is 1. The molecule has 3 heterocycles. The van der Waals surface area contributed by atoms with E-state index in [4.69, 9.17) is 0 Å². The van der Waals surface area contributed by atoms with Crippen LogP contribution in [0.1, 0.15) is 24.6 Å². The molecule has 0 radical (unpaired) electrons. The number of nitrogens with one attached hydrogen (secondary N) is 1. The number of benzene rings is 1. The molecule has 5 heteroatoms. The number of nitrogens with zero attached hydrogens (tertiary/aromatic N) is 4. The molecule has 0 amide bonds. The van der Waals surface area contributed by atoms with Crippen LogP contribution in [0.15, 0.2) is 67.4 Å². The summed E-state index contributed by atoms with van der Waals surface area (Å²) in [7, 11) is 0. The van der Waals surface area contributed by atoms with Gasteiger partial charge in [-0.3, -0.25) is 9.88 Å². The number of hydrogen-bond donors (Lipinski definition) is 1.